The molecule has 0 saturated heterocycles. The van der Waals surface area contributed by atoms with E-state index in [-0.39, 0.29) is 6.04 Å². The first kappa shape index (κ1) is 14.6. The molecule has 0 bridgehead atoms. The predicted octanol–water partition coefficient (Wildman–Crippen LogP) is 2.66. The van der Waals surface area contributed by atoms with Crippen LogP contribution in [0.2, 0.25) is 0 Å². The summed E-state index contributed by atoms with van der Waals surface area (Å²) in [4.78, 5) is 11.4. The van der Waals surface area contributed by atoms with Crippen LogP contribution < -0.4 is 16.8 Å². The van der Waals surface area contributed by atoms with Crippen molar-refractivity contribution in [3.8, 4) is 0 Å². The van der Waals surface area contributed by atoms with Crippen molar-refractivity contribution in [2.75, 3.05) is 11.9 Å². The molecule has 104 valence electrons. The molecule has 0 spiro atoms. The Morgan fingerprint density at radius 3 is 2.55 bits per heavy atom. The Kier molecular flexibility index (Phi) is 4.76. The summed E-state index contributed by atoms with van der Waals surface area (Å²) in [6.45, 7) is 0.515. The van der Waals surface area contributed by atoms with Crippen LogP contribution in [-0.2, 0) is 0 Å². The maximum absolute atomic E-state index is 11.4. The van der Waals surface area contributed by atoms with Crippen LogP contribution >= 0.6 is 15.9 Å². The first-order valence-electron chi connectivity index (χ1n) is 6.21. The van der Waals surface area contributed by atoms with Crippen molar-refractivity contribution in [3.05, 3.63) is 64.1 Å². The van der Waals surface area contributed by atoms with Crippen LogP contribution in [0.1, 0.15) is 22.0 Å². The first-order chi connectivity index (χ1) is 9.58. The maximum atomic E-state index is 11.4. The van der Waals surface area contributed by atoms with Gasteiger partial charge >= 0.3 is 0 Å². The maximum Gasteiger partial charge on any atom is 0.250 e. The second-order valence-electron chi connectivity index (χ2n) is 4.45. The molecule has 1 unspecified atom stereocenters. The molecule has 2 aromatic carbocycles. The normalized spacial score (nSPS) is 11.9. The average Bonchev–Trinajstić information content (AvgIpc) is 2.45. The largest absolute Gasteiger partial charge is 0.382 e. The molecular weight excluding hydrogens is 318 g/mol. The molecule has 0 aliphatic rings. The molecule has 0 radical (unpaired) electrons. The zero-order valence-electron chi connectivity index (χ0n) is 10.8. The highest BCUT2D eigenvalue weighted by Crippen LogP contribution is 2.22. The van der Waals surface area contributed by atoms with Gasteiger partial charge in [0.1, 0.15) is 0 Å². The Morgan fingerprint density at radius 2 is 1.90 bits per heavy atom. The van der Waals surface area contributed by atoms with E-state index >= 15 is 0 Å². The molecule has 20 heavy (non-hydrogen) atoms. The first-order valence-corrected chi connectivity index (χ1v) is 7.01. The molecule has 5 N–H and O–H groups in total. The van der Waals surface area contributed by atoms with Crippen molar-refractivity contribution in [2.24, 2.45) is 11.5 Å². The summed E-state index contributed by atoms with van der Waals surface area (Å²) in [5.74, 6) is -0.465. The fourth-order valence-corrected chi connectivity index (χ4v) is 2.28. The van der Waals surface area contributed by atoms with Crippen molar-refractivity contribution in [1.82, 2.24) is 0 Å². The summed E-state index contributed by atoms with van der Waals surface area (Å²) in [7, 11) is 0. The number of nitrogens with one attached hydrogen (secondary N) is 1. The van der Waals surface area contributed by atoms with Gasteiger partial charge in [-0.25, -0.2) is 0 Å². The number of nitrogens with two attached hydrogens (primary N) is 2. The van der Waals surface area contributed by atoms with Crippen LogP contribution in [0.4, 0.5) is 5.69 Å². The van der Waals surface area contributed by atoms with Crippen LogP contribution in [0, 0.1) is 0 Å². The summed E-state index contributed by atoms with van der Waals surface area (Å²) in [5.41, 5.74) is 13.6. The summed E-state index contributed by atoms with van der Waals surface area (Å²) >= 11 is 3.37. The lowest BCUT2D eigenvalue weighted by molar-refractivity contribution is 0.100. The van der Waals surface area contributed by atoms with Gasteiger partial charge in [0, 0.05) is 22.7 Å². The van der Waals surface area contributed by atoms with Gasteiger partial charge in [0.05, 0.1) is 5.56 Å². The molecule has 2 aromatic rings. The SMILES string of the molecule is NC(=O)c1ccc(Br)cc1NCC(N)c1ccccc1. The second kappa shape index (κ2) is 6.54. The quantitative estimate of drug-likeness (QED) is 0.786. The topological polar surface area (TPSA) is 81.1 Å². The summed E-state index contributed by atoms with van der Waals surface area (Å²) in [6, 6.07) is 14.9. The summed E-state index contributed by atoms with van der Waals surface area (Å²) < 4.78 is 0.873. The minimum absolute atomic E-state index is 0.157. The van der Waals surface area contributed by atoms with E-state index in [0.29, 0.717) is 17.8 Å². The zero-order chi connectivity index (χ0) is 14.5. The highest BCUT2D eigenvalue weighted by molar-refractivity contribution is 9.10. The number of hydrogen-bond acceptors (Lipinski definition) is 3. The highest BCUT2D eigenvalue weighted by atomic mass is 79.9. The Labute approximate surface area is 126 Å². The van der Waals surface area contributed by atoms with Gasteiger partial charge in [-0.3, -0.25) is 4.79 Å². The number of carbonyl (C=O) groups excluding carboxylic acids is 1. The number of hydrogen-bond donors (Lipinski definition) is 3. The van der Waals surface area contributed by atoms with Gasteiger partial charge in [-0.15, -0.1) is 0 Å². The Balaban J connectivity index is 2.11. The number of benzene rings is 2. The number of carbonyl (C=O) groups is 1. The van der Waals surface area contributed by atoms with Crippen molar-refractivity contribution < 1.29 is 4.79 Å². The van der Waals surface area contributed by atoms with Crippen molar-refractivity contribution in [3.63, 3.8) is 0 Å². The Bertz CT molecular complexity index is 601. The molecular formula is C15H16BrN3O. The van der Waals surface area contributed by atoms with Crippen LogP contribution in [-0.4, -0.2) is 12.5 Å². The fraction of sp³-hybridized carbons (Fsp3) is 0.133. The Morgan fingerprint density at radius 1 is 1.20 bits per heavy atom. The average molecular weight is 334 g/mol. The van der Waals surface area contributed by atoms with E-state index in [4.69, 9.17) is 11.5 Å². The number of amides is 1. The van der Waals surface area contributed by atoms with Crippen molar-refractivity contribution in [2.45, 2.75) is 6.04 Å². The number of rotatable bonds is 5. The second-order valence-corrected chi connectivity index (χ2v) is 5.37. The fourth-order valence-electron chi connectivity index (χ4n) is 1.92. The van der Waals surface area contributed by atoms with E-state index in [1.165, 1.54) is 0 Å². The molecule has 5 heteroatoms. The molecule has 1 atom stereocenters. The number of anilines is 1. The molecule has 2 rings (SSSR count). The molecule has 1 amide bonds. The molecule has 0 aromatic heterocycles. The molecule has 0 saturated carbocycles. The predicted molar refractivity (Wildman–Crippen MR) is 84.5 cm³/mol. The minimum Gasteiger partial charge on any atom is -0.382 e. The molecule has 0 heterocycles. The van der Waals surface area contributed by atoms with Crippen LogP contribution in [0.3, 0.4) is 0 Å². The van der Waals surface area contributed by atoms with E-state index in [1.807, 2.05) is 36.4 Å². The highest BCUT2D eigenvalue weighted by Gasteiger charge is 2.10. The van der Waals surface area contributed by atoms with Crippen molar-refractivity contribution in [1.29, 1.82) is 0 Å². The lowest BCUT2D eigenvalue weighted by atomic mass is 10.1. The lowest BCUT2D eigenvalue weighted by Crippen LogP contribution is -2.22. The van der Waals surface area contributed by atoms with Gasteiger partial charge in [-0.05, 0) is 23.8 Å². The minimum atomic E-state index is -0.465. The third-order valence-corrected chi connectivity index (χ3v) is 3.48. The van der Waals surface area contributed by atoms with Gasteiger partial charge in [-0.1, -0.05) is 46.3 Å². The van der Waals surface area contributed by atoms with E-state index < -0.39 is 5.91 Å². The number of primary amides is 1. The van der Waals surface area contributed by atoms with Gasteiger partial charge in [0.15, 0.2) is 0 Å². The third-order valence-electron chi connectivity index (χ3n) is 2.99. The van der Waals surface area contributed by atoms with E-state index in [2.05, 4.69) is 21.2 Å². The monoisotopic (exact) mass is 333 g/mol. The molecule has 0 fully saturated rings. The van der Waals surface area contributed by atoms with Crippen LogP contribution in [0.25, 0.3) is 0 Å². The summed E-state index contributed by atoms with van der Waals surface area (Å²) in [5, 5.41) is 3.18. The van der Waals surface area contributed by atoms with E-state index in [9.17, 15) is 4.79 Å². The van der Waals surface area contributed by atoms with Gasteiger partial charge in [0.2, 0.25) is 0 Å². The van der Waals surface area contributed by atoms with E-state index in [1.54, 1.807) is 12.1 Å². The van der Waals surface area contributed by atoms with Gasteiger partial charge < -0.3 is 16.8 Å². The zero-order valence-corrected chi connectivity index (χ0v) is 12.4. The van der Waals surface area contributed by atoms with Gasteiger partial charge in [-0.2, -0.15) is 0 Å². The Hall–Kier alpha value is -1.85. The molecule has 0 aliphatic carbocycles. The van der Waals surface area contributed by atoms with E-state index in [0.717, 1.165) is 10.0 Å². The summed E-state index contributed by atoms with van der Waals surface area (Å²) in [6.07, 6.45) is 0. The van der Waals surface area contributed by atoms with Crippen LogP contribution in [0.15, 0.2) is 53.0 Å². The smallest absolute Gasteiger partial charge is 0.250 e. The molecule has 0 aliphatic heterocycles. The third kappa shape index (κ3) is 3.59. The standard InChI is InChI=1S/C15H16BrN3O/c16-11-6-7-12(15(18)20)14(8-11)19-9-13(17)10-4-2-1-3-5-10/h1-8,13,19H,9,17H2,(H2,18,20). The molecule has 4 nitrogen and oxygen atoms in total. The van der Waals surface area contributed by atoms with Crippen molar-refractivity contribution >= 4 is 27.5 Å². The number of halogens is 1. The van der Waals surface area contributed by atoms with Crippen LogP contribution in [0.5, 0.6) is 0 Å². The lowest BCUT2D eigenvalue weighted by Gasteiger charge is -2.16. The van der Waals surface area contributed by atoms with Gasteiger partial charge in [0.25, 0.3) is 5.91 Å².